The van der Waals surface area contributed by atoms with Gasteiger partial charge in [0.15, 0.2) is 0 Å². The Labute approximate surface area is 186 Å². The molecule has 1 aromatic carbocycles. The Kier molecular flexibility index (Phi) is 6.97. The van der Waals surface area contributed by atoms with Gasteiger partial charge in [-0.15, -0.1) is 0 Å². The van der Waals surface area contributed by atoms with E-state index in [9.17, 15) is 9.59 Å². The summed E-state index contributed by atoms with van der Waals surface area (Å²) in [7, 11) is 1.77. The van der Waals surface area contributed by atoms with E-state index in [0.29, 0.717) is 18.0 Å². The van der Waals surface area contributed by atoms with Crippen LogP contribution in [0, 0.1) is 12.8 Å². The maximum Gasteiger partial charge on any atom is 0.245 e. The Morgan fingerprint density at radius 1 is 1.23 bits per heavy atom. The second-order valence-corrected chi connectivity index (χ2v) is 9.73. The molecule has 5 atom stereocenters. The van der Waals surface area contributed by atoms with Gasteiger partial charge in [-0.3, -0.25) is 9.59 Å². The van der Waals surface area contributed by atoms with E-state index in [2.05, 4.69) is 51.6 Å². The molecule has 0 spiro atoms. The summed E-state index contributed by atoms with van der Waals surface area (Å²) in [5.41, 5.74) is 2.77. The SMILES string of the molecule is CN[C@@H](C)C(=O)N[C@H]1CCC[C@H]2C[C@H]3CCN(CCc4ccccc4C)C[C@H]3N2C1=O. The lowest BCUT2D eigenvalue weighted by atomic mass is 9.90. The van der Waals surface area contributed by atoms with Gasteiger partial charge in [0.05, 0.1) is 6.04 Å². The van der Waals surface area contributed by atoms with E-state index in [0.717, 1.165) is 51.7 Å². The smallest absolute Gasteiger partial charge is 0.245 e. The third kappa shape index (κ3) is 4.80. The molecule has 0 unspecified atom stereocenters. The second-order valence-electron chi connectivity index (χ2n) is 9.73. The summed E-state index contributed by atoms with van der Waals surface area (Å²) in [5, 5.41) is 6.00. The fourth-order valence-electron chi connectivity index (χ4n) is 5.76. The molecule has 3 saturated heterocycles. The summed E-state index contributed by atoms with van der Waals surface area (Å²) in [6.45, 7) is 7.15. The summed E-state index contributed by atoms with van der Waals surface area (Å²) >= 11 is 0. The highest BCUT2D eigenvalue weighted by atomic mass is 16.2. The van der Waals surface area contributed by atoms with Crippen molar-refractivity contribution in [1.82, 2.24) is 20.4 Å². The van der Waals surface area contributed by atoms with Gasteiger partial charge in [-0.25, -0.2) is 0 Å². The number of benzene rings is 1. The Hall–Kier alpha value is -1.92. The number of nitrogens with zero attached hydrogens (tertiary/aromatic N) is 2. The third-order valence-corrected chi connectivity index (χ3v) is 7.82. The number of carbonyl (C=O) groups excluding carboxylic acids is 2. The maximum atomic E-state index is 13.5. The van der Waals surface area contributed by atoms with Gasteiger partial charge in [0.2, 0.25) is 11.8 Å². The van der Waals surface area contributed by atoms with Crippen molar-refractivity contribution < 1.29 is 9.59 Å². The van der Waals surface area contributed by atoms with Crippen molar-refractivity contribution >= 4 is 11.8 Å². The average Bonchev–Trinajstić information content (AvgIpc) is 3.06. The monoisotopic (exact) mass is 426 g/mol. The first kappa shape index (κ1) is 22.3. The quantitative estimate of drug-likeness (QED) is 0.731. The van der Waals surface area contributed by atoms with Gasteiger partial charge in [0.25, 0.3) is 0 Å². The number of fused-ring (bicyclic) bond motifs is 3. The molecule has 1 aromatic rings. The highest BCUT2D eigenvalue weighted by Crippen LogP contribution is 2.39. The number of amides is 2. The summed E-state index contributed by atoms with van der Waals surface area (Å²) in [6, 6.07) is 8.60. The number of hydrogen-bond acceptors (Lipinski definition) is 4. The van der Waals surface area contributed by atoms with Crippen LogP contribution in [0.4, 0.5) is 0 Å². The van der Waals surface area contributed by atoms with Crippen molar-refractivity contribution in [3.05, 3.63) is 35.4 Å². The van der Waals surface area contributed by atoms with Crippen molar-refractivity contribution in [2.24, 2.45) is 5.92 Å². The topological polar surface area (TPSA) is 64.7 Å². The largest absolute Gasteiger partial charge is 0.343 e. The van der Waals surface area contributed by atoms with Crippen molar-refractivity contribution in [2.45, 2.75) is 76.5 Å². The molecule has 3 fully saturated rings. The van der Waals surface area contributed by atoms with Crippen molar-refractivity contribution in [3.63, 3.8) is 0 Å². The fraction of sp³-hybridized carbons (Fsp3) is 0.680. The molecule has 0 aliphatic carbocycles. The zero-order chi connectivity index (χ0) is 22.0. The standard InChI is InChI=1S/C25H38N4O2/c1-17-7-4-5-8-19(17)11-13-28-14-12-20-15-21-9-6-10-22(27-24(30)18(2)26-3)25(31)29(21)23(20)16-28/h4-5,7-8,18,20-23,26H,6,9-16H2,1-3H3,(H,27,30)/t18-,20+,21-,22-,23+/m0/s1. The van der Waals surface area contributed by atoms with Crippen molar-refractivity contribution in [3.8, 4) is 0 Å². The van der Waals surface area contributed by atoms with E-state index < -0.39 is 0 Å². The predicted molar refractivity (Wildman–Crippen MR) is 123 cm³/mol. The van der Waals surface area contributed by atoms with Crippen LogP contribution in [0.3, 0.4) is 0 Å². The van der Waals surface area contributed by atoms with Gasteiger partial charge in [-0.1, -0.05) is 24.3 Å². The summed E-state index contributed by atoms with van der Waals surface area (Å²) in [4.78, 5) is 30.7. The first-order valence-electron chi connectivity index (χ1n) is 12.0. The normalized spacial score (nSPS) is 29.8. The molecule has 170 valence electrons. The van der Waals surface area contributed by atoms with Crippen molar-refractivity contribution in [1.29, 1.82) is 0 Å². The lowest BCUT2D eigenvalue weighted by Gasteiger charge is -2.40. The van der Waals surface area contributed by atoms with Crippen LogP contribution in [0.25, 0.3) is 0 Å². The van der Waals surface area contributed by atoms with Crippen LogP contribution >= 0.6 is 0 Å². The number of piperidine rings is 1. The van der Waals surface area contributed by atoms with Gasteiger partial charge >= 0.3 is 0 Å². The highest BCUT2D eigenvalue weighted by molar-refractivity contribution is 5.90. The zero-order valence-electron chi connectivity index (χ0n) is 19.3. The molecule has 0 bridgehead atoms. The summed E-state index contributed by atoms with van der Waals surface area (Å²) in [6.07, 6.45) is 6.19. The van der Waals surface area contributed by atoms with Crippen LogP contribution in [-0.2, 0) is 16.0 Å². The molecule has 6 heteroatoms. The van der Waals surface area contributed by atoms with Crippen LogP contribution in [-0.4, -0.2) is 72.5 Å². The van der Waals surface area contributed by atoms with E-state index in [1.807, 2.05) is 6.92 Å². The molecule has 0 radical (unpaired) electrons. The van der Waals surface area contributed by atoms with Crippen LogP contribution in [0.2, 0.25) is 0 Å². The van der Waals surface area contributed by atoms with Gasteiger partial charge in [0, 0.05) is 25.2 Å². The zero-order valence-corrected chi connectivity index (χ0v) is 19.3. The van der Waals surface area contributed by atoms with Crippen LogP contribution < -0.4 is 10.6 Å². The minimum Gasteiger partial charge on any atom is -0.343 e. The average molecular weight is 427 g/mol. The number of aryl methyl sites for hydroxylation is 1. The number of nitrogens with one attached hydrogen (secondary N) is 2. The van der Waals surface area contributed by atoms with Crippen LogP contribution in [0.5, 0.6) is 0 Å². The van der Waals surface area contributed by atoms with Crippen molar-refractivity contribution in [2.75, 3.05) is 26.7 Å². The van der Waals surface area contributed by atoms with Gasteiger partial charge in [0.1, 0.15) is 6.04 Å². The van der Waals surface area contributed by atoms with Gasteiger partial charge in [-0.2, -0.15) is 0 Å². The minimum atomic E-state index is -0.380. The van der Waals surface area contributed by atoms with E-state index in [-0.39, 0.29) is 23.9 Å². The van der Waals surface area contributed by atoms with E-state index in [1.54, 1.807) is 7.05 Å². The Bertz CT molecular complexity index is 797. The number of likely N-dealkylation sites (tertiary alicyclic amines) is 1. The number of rotatable bonds is 6. The molecular formula is C25H38N4O2. The van der Waals surface area contributed by atoms with Crippen LogP contribution in [0.15, 0.2) is 24.3 Å². The molecule has 0 aromatic heterocycles. The van der Waals surface area contributed by atoms with E-state index >= 15 is 0 Å². The Balaban J connectivity index is 1.41. The third-order valence-electron chi connectivity index (χ3n) is 7.82. The molecule has 2 amide bonds. The summed E-state index contributed by atoms with van der Waals surface area (Å²) < 4.78 is 0. The predicted octanol–water partition coefficient (Wildman–Crippen LogP) is 2.11. The number of hydrogen-bond donors (Lipinski definition) is 2. The Morgan fingerprint density at radius 3 is 2.81 bits per heavy atom. The molecule has 2 N–H and O–H groups in total. The number of likely N-dealkylation sites (N-methyl/N-ethyl adjacent to an activating group) is 1. The molecule has 6 nitrogen and oxygen atoms in total. The molecule has 4 rings (SSSR count). The van der Waals surface area contributed by atoms with E-state index in [1.165, 1.54) is 17.5 Å². The van der Waals surface area contributed by atoms with Gasteiger partial charge < -0.3 is 20.4 Å². The van der Waals surface area contributed by atoms with Gasteiger partial charge in [-0.05, 0) is 83.0 Å². The lowest BCUT2D eigenvalue weighted by Crippen LogP contribution is -2.57. The molecule has 31 heavy (non-hydrogen) atoms. The lowest BCUT2D eigenvalue weighted by molar-refractivity contribution is -0.139. The van der Waals surface area contributed by atoms with Crippen LogP contribution in [0.1, 0.15) is 50.2 Å². The molecule has 3 aliphatic rings. The first-order chi connectivity index (χ1) is 15.0. The molecule has 3 aliphatic heterocycles. The number of carbonyl (C=O) groups is 2. The highest BCUT2D eigenvalue weighted by Gasteiger charge is 2.48. The van der Waals surface area contributed by atoms with E-state index in [4.69, 9.17) is 0 Å². The molecule has 0 saturated carbocycles. The summed E-state index contributed by atoms with van der Waals surface area (Å²) in [5.74, 6) is 0.667. The molecular weight excluding hydrogens is 388 g/mol. The first-order valence-corrected chi connectivity index (χ1v) is 12.0. The maximum absolute atomic E-state index is 13.5. The second kappa shape index (κ2) is 9.70. The Morgan fingerprint density at radius 2 is 2.03 bits per heavy atom. The fourth-order valence-corrected chi connectivity index (χ4v) is 5.76. The molecule has 3 heterocycles. The minimum absolute atomic E-state index is 0.0847.